The highest BCUT2D eigenvalue weighted by atomic mass is 16.4. The summed E-state index contributed by atoms with van der Waals surface area (Å²) in [6.07, 6.45) is 0.578. The summed E-state index contributed by atoms with van der Waals surface area (Å²) in [5.41, 5.74) is 5.84. The van der Waals surface area contributed by atoms with Crippen molar-refractivity contribution in [1.82, 2.24) is 4.98 Å². The second kappa shape index (κ2) is 4.86. The van der Waals surface area contributed by atoms with Crippen LogP contribution in [0, 0.1) is 5.92 Å². The van der Waals surface area contributed by atoms with E-state index in [0.717, 1.165) is 0 Å². The molecule has 4 N–H and O–H groups in total. The van der Waals surface area contributed by atoms with Crippen LogP contribution < -0.4 is 5.73 Å². The molecule has 1 aromatic heterocycles. The van der Waals surface area contributed by atoms with E-state index in [1.807, 2.05) is 0 Å². The van der Waals surface area contributed by atoms with Gasteiger partial charge in [0.1, 0.15) is 12.1 Å². The molecule has 0 amide bonds. The van der Waals surface area contributed by atoms with E-state index in [4.69, 9.17) is 10.8 Å². The third-order valence-electron chi connectivity index (χ3n) is 2.34. The van der Waals surface area contributed by atoms with Gasteiger partial charge in [0.05, 0.1) is 5.69 Å². The number of nitrogens with two attached hydrogens (primary N) is 1. The van der Waals surface area contributed by atoms with Crippen molar-refractivity contribution in [2.24, 2.45) is 11.7 Å². The first kappa shape index (κ1) is 11.6. The molecule has 0 spiro atoms. The summed E-state index contributed by atoms with van der Waals surface area (Å²) in [7, 11) is 0. The Morgan fingerprint density at radius 3 is 2.67 bits per heavy atom. The molecule has 1 aromatic rings. The lowest BCUT2D eigenvalue weighted by atomic mass is 9.94. The van der Waals surface area contributed by atoms with Gasteiger partial charge in [0, 0.05) is 12.1 Å². The van der Waals surface area contributed by atoms with Gasteiger partial charge in [-0.2, -0.15) is 0 Å². The number of aromatic nitrogens is 1. The van der Waals surface area contributed by atoms with Crippen LogP contribution in [0.5, 0.6) is 0 Å². The van der Waals surface area contributed by atoms with E-state index in [-0.39, 0.29) is 0 Å². The molecule has 15 heavy (non-hydrogen) atoms. The van der Waals surface area contributed by atoms with Gasteiger partial charge in [-0.25, -0.2) is 0 Å². The van der Waals surface area contributed by atoms with Gasteiger partial charge < -0.3 is 15.9 Å². The van der Waals surface area contributed by atoms with Gasteiger partial charge >= 0.3 is 5.97 Å². The average Bonchev–Trinajstić information content (AvgIpc) is 2.27. The molecule has 0 bridgehead atoms. The van der Waals surface area contributed by atoms with Crippen LogP contribution in [0.2, 0.25) is 0 Å². The summed E-state index contributed by atoms with van der Waals surface area (Å²) < 4.78 is 0. The van der Waals surface area contributed by atoms with E-state index in [2.05, 4.69) is 4.98 Å². The molecule has 1 heterocycles. The van der Waals surface area contributed by atoms with Crippen LogP contribution in [0.15, 0.2) is 24.4 Å². The van der Waals surface area contributed by atoms with Crippen molar-refractivity contribution in [2.45, 2.75) is 19.1 Å². The second-order valence-corrected chi connectivity index (χ2v) is 3.42. The van der Waals surface area contributed by atoms with Crippen molar-refractivity contribution >= 4 is 5.97 Å². The van der Waals surface area contributed by atoms with E-state index >= 15 is 0 Å². The minimum atomic E-state index is -1.13. The summed E-state index contributed by atoms with van der Waals surface area (Å²) in [4.78, 5) is 14.6. The van der Waals surface area contributed by atoms with Crippen LogP contribution >= 0.6 is 0 Å². The fourth-order valence-electron chi connectivity index (χ4n) is 1.24. The zero-order valence-corrected chi connectivity index (χ0v) is 8.37. The van der Waals surface area contributed by atoms with Crippen LogP contribution in [-0.2, 0) is 4.79 Å². The van der Waals surface area contributed by atoms with Gasteiger partial charge in [-0.05, 0) is 12.1 Å². The fraction of sp³-hybridized carbons (Fsp3) is 0.400. The highest BCUT2D eigenvalue weighted by Crippen LogP contribution is 2.21. The van der Waals surface area contributed by atoms with E-state index in [1.165, 1.54) is 6.20 Å². The van der Waals surface area contributed by atoms with Crippen molar-refractivity contribution in [3.05, 3.63) is 30.1 Å². The lowest BCUT2D eigenvalue weighted by Gasteiger charge is -2.21. The van der Waals surface area contributed by atoms with Crippen LogP contribution in [0.1, 0.15) is 18.7 Å². The van der Waals surface area contributed by atoms with Crippen LogP contribution in [0.3, 0.4) is 0 Å². The van der Waals surface area contributed by atoms with Crippen molar-refractivity contribution in [1.29, 1.82) is 0 Å². The van der Waals surface area contributed by atoms with Crippen LogP contribution in [0.4, 0.5) is 0 Å². The number of hydrogen-bond acceptors (Lipinski definition) is 4. The molecular formula is C10H14N2O3. The Morgan fingerprint density at radius 1 is 1.53 bits per heavy atom. The van der Waals surface area contributed by atoms with Gasteiger partial charge in [-0.15, -0.1) is 0 Å². The van der Waals surface area contributed by atoms with E-state index < -0.39 is 24.0 Å². The summed E-state index contributed by atoms with van der Waals surface area (Å²) in [6, 6.07) is 3.99. The first-order valence-electron chi connectivity index (χ1n) is 4.61. The third-order valence-corrected chi connectivity index (χ3v) is 2.34. The molecule has 0 aliphatic carbocycles. The van der Waals surface area contributed by atoms with Crippen LogP contribution in [-0.4, -0.2) is 27.2 Å². The molecular weight excluding hydrogens is 196 g/mol. The van der Waals surface area contributed by atoms with Crippen molar-refractivity contribution in [3.63, 3.8) is 0 Å². The number of carboxylic acids is 1. The predicted octanol–water partition coefficient (Wildman–Crippen LogP) is 0.163. The van der Waals surface area contributed by atoms with Gasteiger partial charge in [0.15, 0.2) is 0 Å². The van der Waals surface area contributed by atoms with Crippen molar-refractivity contribution < 1.29 is 15.0 Å². The van der Waals surface area contributed by atoms with Gasteiger partial charge in [0.25, 0.3) is 0 Å². The first-order chi connectivity index (χ1) is 7.04. The van der Waals surface area contributed by atoms with E-state index in [9.17, 15) is 9.90 Å². The maximum atomic E-state index is 10.6. The average molecular weight is 210 g/mol. The number of aliphatic hydroxyl groups is 1. The summed E-state index contributed by atoms with van der Waals surface area (Å²) in [5.74, 6) is -1.71. The predicted molar refractivity (Wildman–Crippen MR) is 54.0 cm³/mol. The maximum Gasteiger partial charge on any atom is 0.320 e. The van der Waals surface area contributed by atoms with Gasteiger partial charge in [-0.3, -0.25) is 9.78 Å². The standard InChI is InChI=1S/C10H14N2O3/c1-6(8(11)10(14)15)9(13)7-4-2-3-5-12-7/h2-6,8-9,13H,11H2,1H3,(H,14,15)/t6-,8+,9+/m1/s1. The van der Waals surface area contributed by atoms with E-state index in [0.29, 0.717) is 5.69 Å². The molecule has 0 unspecified atom stereocenters. The molecule has 5 heteroatoms. The highest BCUT2D eigenvalue weighted by molar-refractivity contribution is 5.73. The normalized spacial score (nSPS) is 16.7. The number of carbonyl (C=O) groups is 1. The minimum absolute atomic E-state index is 0.432. The molecule has 0 saturated carbocycles. The molecule has 82 valence electrons. The Kier molecular flexibility index (Phi) is 3.76. The van der Waals surface area contributed by atoms with Gasteiger partial charge in [0.2, 0.25) is 0 Å². The smallest absolute Gasteiger partial charge is 0.320 e. The number of hydrogen-bond donors (Lipinski definition) is 3. The lowest BCUT2D eigenvalue weighted by Crippen LogP contribution is -2.39. The molecule has 0 aliphatic rings. The number of aliphatic carboxylic acids is 1. The molecule has 5 nitrogen and oxygen atoms in total. The van der Waals surface area contributed by atoms with Crippen molar-refractivity contribution in [3.8, 4) is 0 Å². The Labute approximate surface area is 87.6 Å². The maximum absolute atomic E-state index is 10.6. The summed E-state index contributed by atoms with van der Waals surface area (Å²) >= 11 is 0. The molecule has 1 rings (SSSR count). The lowest BCUT2D eigenvalue weighted by molar-refractivity contribution is -0.141. The summed E-state index contributed by atoms with van der Waals surface area (Å²) in [6.45, 7) is 1.58. The topological polar surface area (TPSA) is 96.4 Å². The Morgan fingerprint density at radius 2 is 2.20 bits per heavy atom. The second-order valence-electron chi connectivity index (χ2n) is 3.42. The third kappa shape index (κ3) is 2.74. The van der Waals surface area contributed by atoms with Gasteiger partial charge in [-0.1, -0.05) is 13.0 Å². The fourth-order valence-corrected chi connectivity index (χ4v) is 1.24. The Bertz CT molecular complexity index is 329. The molecule has 0 radical (unpaired) electrons. The monoisotopic (exact) mass is 210 g/mol. The molecule has 3 atom stereocenters. The first-order valence-corrected chi connectivity index (χ1v) is 4.61. The number of rotatable bonds is 4. The van der Waals surface area contributed by atoms with E-state index in [1.54, 1.807) is 25.1 Å². The molecule has 0 aromatic carbocycles. The zero-order valence-electron chi connectivity index (χ0n) is 8.37. The molecule has 0 aliphatic heterocycles. The minimum Gasteiger partial charge on any atom is -0.480 e. The highest BCUT2D eigenvalue weighted by Gasteiger charge is 2.28. The summed E-state index contributed by atoms with van der Waals surface area (Å²) in [5, 5.41) is 18.5. The molecule has 0 fully saturated rings. The Hall–Kier alpha value is -1.46. The zero-order chi connectivity index (χ0) is 11.4. The quantitative estimate of drug-likeness (QED) is 0.658. The number of pyridine rings is 1. The number of aliphatic hydroxyl groups excluding tert-OH is 1. The number of carboxylic acid groups (broad SMARTS) is 1. The number of nitrogens with zero attached hydrogens (tertiary/aromatic N) is 1. The largest absolute Gasteiger partial charge is 0.480 e. The SMILES string of the molecule is C[C@H]([C@H](N)C(=O)O)[C@H](O)c1ccccn1. The van der Waals surface area contributed by atoms with Crippen molar-refractivity contribution in [2.75, 3.05) is 0 Å². The van der Waals surface area contributed by atoms with Crippen LogP contribution in [0.25, 0.3) is 0 Å². The Balaban J connectivity index is 2.77. The molecule has 0 saturated heterocycles.